The van der Waals surface area contributed by atoms with Crippen molar-refractivity contribution in [3.05, 3.63) is 34.9 Å². The molecule has 0 saturated heterocycles. The number of hydrogen-bond donors (Lipinski definition) is 1. The van der Waals surface area contributed by atoms with Gasteiger partial charge in [0.15, 0.2) is 5.65 Å². The van der Waals surface area contributed by atoms with E-state index in [2.05, 4.69) is 31.6 Å². The molecule has 0 spiro atoms. The summed E-state index contributed by atoms with van der Waals surface area (Å²) in [5.41, 5.74) is 0.714. The molecular weight excluding hydrogens is 270 g/mol. The van der Waals surface area contributed by atoms with Gasteiger partial charge in [-0.05, 0) is 36.1 Å². The fourth-order valence-corrected chi connectivity index (χ4v) is 3.36. The summed E-state index contributed by atoms with van der Waals surface area (Å²) in [6.45, 7) is 5.01. The molecule has 0 aliphatic carbocycles. The second kappa shape index (κ2) is 6.48. The highest BCUT2D eigenvalue weighted by atomic mass is 32.1. The molecule has 110 valence electrons. The Labute approximate surface area is 125 Å². The molecule has 0 amide bonds. The average Bonchev–Trinajstić information content (AvgIpc) is 2.76. The van der Waals surface area contributed by atoms with Crippen LogP contribution in [-0.4, -0.2) is 19.9 Å². The van der Waals surface area contributed by atoms with Gasteiger partial charge in [0.1, 0.15) is 0 Å². The van der Waals surface area contributed by atoms with Crippen molar-refractivity contribution in [1.29, 1.82) is 0 Å². The van der Waals surface area contributed by atoms with Crippen molar-refractivity contribution in [2.24, 2.45) is 5.41 Å². The Balaban J connectivity index is 2.37. The van der Waals surface area contributed by atoms with Crippen molar-refractivity contribution >= 4 is 18.3 Å². The van der Waals surface area contributed by atoms with E-state index in [-0.39, 0.29) is 11.1 Å². The number of aromatic nitrogens is 3. The van der Waals surface area contributed by atoms with Crippen LogP contribution in [0.2, 0.25) is 0 Å². The lowest BCUT2D eigenvalue weighted by molar-refractivity contribution is 0.219. The van der Waals surface area contributed by atoms with Gasteiger partial charge in [0, 0.05) is 6.20 Å². The van der Waals surface area contributed by atoms with Crippen molar-refractivity contribution in [2.45, 2.75) is 46.1 Å². The van der Waals surface area contributed by atoms with Crippen LogP contribution in [0, 0.1) is 5.41 Å². The molecule has 0 aromatic carbocycles. The van der Waals surface area contributed by atoms with Crippen LogP contribution in [0.4, 0.5) is 0 Å². The van der Waals surface area contributed by atoms with E-state index < -0.39 is 0 Å². The van der Waals surface area contributed by atoms with E-state index in [1.165, 1.54) is 0 Å². The van der Waals surface area contributed by atoms with Crippen LogP contribution in [0.5, 0.6) is 0 Å². The van der Waals surface area contributed by atoms with Gasteiger partial charge in [-0.2, -0.15) is 12.6 Å². The lowest BCUT2D eigenvalue weighted by Crippen LogP contribution is -2.34. The standard InChI is InChI=1S/C15H23N3OS/c1-3-8-15(12-20,9-4-2)11-18-14(19)17-10-6-5-7-13(17)16-18/h5-7,10,20H,3-4,8-9,11-12H2,1-2H3. The number of thiol groups is 1. The summed E-state index contributed by atoms with van der Waals surface area (Å²) in [7, 11) is 0. The molecule has 2 aromatic rings. The van der Waals surface area contributed by atoms with E-state index in [1.54, 1.807) is 15.3 Å². The normalized spacial score (nSPS) is 12.2. The van der Waals surface area contributed by atoms with Crippen LogP contribution < -0.4 is 5.69 Å². The molecule has 0 unspecified atom stereocenters. The number of hydrogen-bond acceptors (Lipinski definition) is 3. The Morgan fingerprint density at radius 3 is 2.50 bits per heavy atom. The minimum atomic E-state index is -0.0565. The Morgan fingerprint density at radius 2 is 1.95 bits per heavy atom. The lowest BCUT2D eigenvalue weighted by Gasteiger charge is -2.31. The first-order valence-corrected chi connectivity index (χ1v) is 7.94. The fraction of sp³-hybridized carbons (Fsp3) is 0.600. The summed E-state index contributed by atoms with van der Waals surface area (Å²) < 4.78 is 3.21. The van der Waals surface area contributed by atoms with Crippen LogP contribution >= 0.6 is 12.6 Å². The van der Waals surface area contributed by atoms with Crippen LogP contribution in [0.25, 0.3) is 5.65 Å². The number of pyridine rings is 1. The predicted octanol–water partition coefficient (Wildman–Crippen LogP) is 3.01. The Hall–Kier alpha value is -1.23. The van der Waals surface area contributed by atoms with Crippen LogP contribution in [0.1, 0.15) is 39.5 Å². The van der Waals surface area contributed by atoms with Gasteiger partial charge in [0.2, 0.25) is 0 Å². The molecule has 0 radical (unpaired) electrons. The van der Waals surface area contributed by atoms with Crippen molar-refractivity contribution in [3.63, 3.8) is 0 Å². The van der Waals surface area contributed by atoms with E-state index in [1.807, 2.05) is 18.2 Å². The molecule has 0 atom stereocenters. The van der Waals surface area contributed by atoms with Crippen molar-refractivity contribution in [2.75, 3.05) is 5.75 Å². The molecule has 2 rings (SSSR count). The minimum Gasteiger partial charge on any atom is -0.250 e. The predicted molar refractivity (Wildman–Crippen MR) is 85.6 cm³/mol. The van der Waals surface area contributed by atoms with Gasteiger partial charge in [-0.25, -0.2) is 9.48 Å². The maximum atomic E-state index is 12.4. The van der Waals surface area contributed by atoms with Crippen LogP contribution in [0.15, 0.2) is 29.2 Å². The van der Waals surface area contributed by atoms with Gasteiger partial charge in [-0.15, -0.1) is 5.10 Å². The smallest absolute Gasteiger partial charge is 0.250 e. The van der Waals surface area contributed by atoms with E-state index in [4.69, 9.17) is 0 Å². The number of fused-ring (bicyclic) bond motifs is 1. The maximum Gasteiger partial charge on any atom is 0.350 e. The van der Waals surface area contributed by atoms with Crippen molar-refractivity contribution in [3.8, 4) is 0 Å². The third kappa shape index (κ3) is 2.92. The van der Waals surface area contributed by atoms with Crippen molar-refractivity contribution in [1.82, 2.24) is 14.2 Å². The molecule has 4 nitrogen and oxygen atoms in total. The second-order valence-electron chi connectivity index (χ2n) is 5.53. The molecule has 0 saturated carbocycles. The van der Waals surface area contributed by atoms with Crippen molar-refractivity contribution < 1.29 is 0 Å². The molecule has 2 aromatic heterocycles. The van der Waals surface area contributed by atoms with Crippen LogP contribution in [0.3, 0.4) is 0 Å². The van der Waals surface area contributed by atoms with Gasteiger partial charge in [-0.3, -0.25) is 4.40 Å². The first-order valence-electron chi connectivity index (χ1n) is 7.31. The number of nitrogens with zero attached hydrogens (tertiary/aromatic N) is 3. The maximum absolute atomic E-state index is 12.4. The monoisotopic (exact) mass is 293 g/mol. The summed E-state index contributed by atoms with van der Waals surface area (Å²) in [6.07, 6.45) is 6.11. The Kier molecular flexibility index (Phi) is 4.91. The third-order valence-corrected chi connectivity index (χ3v) is 4.54. The molecule has 20 heavy (non-hydrogen) atoms. The molecule has 0 fully saturated rings. The fourth-order valence-electron chi connectivity index (χ4n) is 2.94. The van der Waals surface area contributed by atoms with Crippen LogP contribution in [-0.2, 0) is 6.54 Å². The van der Waals surface area contributed by atoms with Gasteiger partial charge in [0.25, 0.3) is 0 Å². The minimum absolute atomic E-state index is 0.0565. The van der Waals surface area contributed by atoms with Gasteiger partial charge in [-0.1, -0.05) is 32.8 Å². The summed E-state index contributed by atoms with van der Waals surface area (Å²) >= 11 is 4.55. The molecule has 5 heteroatoms. The summed E-state index contributed by atoms with van der Waals surface area (Å²) in [4.78, 5) is 12.4. The number of rotatable bonds is 7. The lowest BCUT2D eigenvalue weighted by atomic mass is 9.81. The molecule has 2 heterocycles. The second-order valence-corrected chi connectivity index (χ2v) is 5.84. The molecule has 0 N–H and O–H groups in total. The van der Waals surface area contributed by atoms with Gasteiger partial charge >= 0.3 is 5.69 Å². The SMILES string of the molecule is CCCC(CS)(CCC)Cn1nc2ccccn2c1=O. The highest BCUT2D eigenvalue weighted by molar-refractivity contribution is 7.80. The first kappa shape index (κ1) is 15.2. The van der Waals surface area contributed by atoms with E-state index in [9.17, 15) is 4.79 Å². The van der Waals surface area contributed by atoms with Gasteiger partial charge in [0.05, 0.1) is 6.54 Å². The molecule has 0 bridgehead atoms. The molecule has 0 aliphatic heterocycles. The van der Waals surface area contributed by atoms with E-state index in [0.717, 1.165) is 31.4 Å². The Morgan fingerprint density at radius 1 is 1.25 bits per heavy atom. The summed E-state index contributed by atoms with van der Waals surface area (Å²) in [6, 6.07) is 5.61. The molecular formula is C15H23N3OS. The van der Waals surface area contributed by atoms with E-state index >= 15 is 0 Å². The third-order valence-electron chi connectivity index (χ3n) is 3.87. The average molecular weight is 293 g/mol. The zero-order valence-electron chi connectivity index (χ0n) is 12.2. The Bertz CT molecular complexity index is 611. The summed E-state index contributed by atoms with van der Waals surface area (Å²) in [5, 5.41) is 4.44. The first-order chi connectivity index (χ1) is 9.65. The van der Waals surface area contributed by atoms with E-state index in [0.29, 0.717) is 12.2 Å². The largest absolute Gasteiger partial charge is 0.350 e. The topological polar surface area (TPSA) is 39.3 Å². The summed E-state index contributed by atoms with van der Waals surface area (Å²) in [5.74, 6) is 0.787. The quantitative estimate of drug-likeness (QED) is 0.797. The zero-order chi connectivity index (χ0) is 14.6. The molecule has 0 aliphatic rings. The highest BCUT2D eigenvalue weighted by Gasteiger charge is 2.29. The zero-order valence-corrected chi connectivity index (χ0v) is 13.1. The highest BCUT2D eigenvalue weighted by Crippen LogP contribution is 2.32. The van der Waals surface area contributed by atoms with Gasteiger partial charge < -0.3 is 0 Å².